The lowest BCUT2D eigenvalue weighted by Gasteiger charge is -2.36. The first-order valence-corrected chi connectivity index (χ1v) is 11.0. The van der Waals surface area contributed by atoms with Crippen LogP contribution >= 0.6 is 0 Å². The lowest BCUT2D eigenvalue weighted by atomic mass is 10.2. The Hall–Kier alpha value is -4.02. The summed E-state index contributed by atoms with van der Waals surface area (Å²) in [4.78, 5) is 13.3. The van der Waals surface area contributed by atoms with Crippen molar-refractivity contribution in [3.05, 3.63) is 66.6 Å². The number of rotatable bonds is 6. The maximum atomic E-state index is 12.4. The van der Waals surface area contributed by atoms with Gasteiger partial charge in [-0.2, -0.15) is 5.10 Å². The van der Waals surface area contributed by atoms with Crippen LogP contribution in [0.2, 0.25) is 0 Å². The fraction of sp³-hybridized carbons (Fsp3) is 0.292. The summed E-state index contributed by atoms with van der Waals surface area (Å²) in [5.41, 5.74) is 2.68. The van der Waals surface area contributed by atoms with Gasteiger partial charge < -0.3 is 19.3 Å². The molecular formula is C24H23F3N6O2. The Labute approximate surface area is 199 Å². The van der Waals surface area contributed by atoms with E-state index in [9.17, 15) is 13.2 Å². The Morgan fingerprint density at radius 1 is 0.857 bits per heavy atom. The summed E-state index contributed by atoms with van der Waals surface area (Å²) in [6.45, 7) is 3.38. The van der Waals surface area contributed by atoms with Gasteiger partial charge in [-0.15, -0.1) is 13.2 Å². The third kappa shape index (κ3) is 5.08. The van der Waals surface area contributed by atoms with Gasteiger partial charge in [-0.05, 0) is 42.0 Å². The van der Waals surface area contributed by atoms with E-state index in [1.165, 1.54) is 12.1 Å². The maximum Gasteiger partial charge on any atom is 0.573 e. The number of benzene rings is 2. The average molecular weight is 484 g/mol. The van der Waals surface area contributed by atoms with Gasteiger partial charge in [-0.25, -0.2) is 14.6 Å². The first-order chi connectivity index (χ1) is 16.9. The van der Waals surface area contributed by atoms with Crippen molar-refractivity contribution in [1.82, 2.24) is 19.7 Å². The number of piperazine rings is 1. The molecule has 0 bridgehead atoms. The SMILES string of the molecule is COc1ccc(Cn2ncc3c(N4CCN(c5ccc(OC(F)(F)F)cc5)CC4)ncnc32)cc1. The van der Waals surface area contributed by atoms with Crippen LogP contribution in [0, 0.1) is 0 Å². The van der Waals surface area contributed by atoms with Gasteiger partial charge in [0, 0.05) is 31.9 Å². The Morgan fingerprint density at radius 3 is 2.17 bits per heavy atom. The number of ether oxygens (including phenoxy) is 2. The molecule has 35 heavy (non-hydrogen) atoms. The minimum absolute atomic E-state index is 0.227. The molecule has 0 radical (unpaired) electrons. The van der Waals surface area contributed by atoms with E-state index in [2.05, 4.69) is 29.6 Å². The number of anilines is 2. The number of hydrogen-bond donors (Lipinski definition) is 0. The molecular weight excluding hydrogens is 461 g/mol. The molecule has 1 fully saturated rings. The standard InChI is InChI=1S/C24H23F3N6O2/c1-34-19-6-2-17(3-7-19)15-33-23-21(14-30-33)22(28-16-29-23)32-12-10-31(11-13-32)18-4-8-20(9-5-18)35-24(25,26)27/h2-9,14,16H,10-13,15H2,1H3. The molecule has 0 atom stereocenters. The molecule has 3 heterocycles. The van der Waals surface area contributed by atoms with E-state index in [0.29, 0.717) is 32.7 Å². The number of halogens is 3. The predicted octanol–water partition coefficient (Wildman–Crippen LogP) is 4.11. The monoisotopic (exact) mass is 484 g/mol. The van der Waals surface area contributed by atoms with Crippen LogP contribution in [-0.4, -0.2) is 59.4 Å². The van der Waals surface area contributed by atoms with Crippen LogP contribution in [0.5, 0.6) is 11.5 Å². The normalized spacial score (nSPS) is 14.4. The zero-order valence-corrected chi connectivity index (χ0v) is 18.9. The van der Waals surface area contributed by atoms with Crippen molar-refractivity contribution in [2.75, 3.05) is 43.1 Å². The van der Waals surface area contributed by atoms with Gasteiger partial charge in [0.1, 0.15) is 23.6 Å². The first kappa shape index (κ1) is 22.8. The summed E-state index contributed by atoms with van der Waals surface area (Å²) in [5, 5.41) is 5.42. The van der Waals surface area contributed by atoms with Gasteiger partial charge in [0.25, 0.3) is 0 Å². The second-order valence-electron chi connectivity index (χ2n) is 8.10. The van der Waals surface area contributed by atoms with Gasteiger partial charge in [0.2, 0.25) is 0 Å². The lowest BCUT2D eigenvalue weighted by molar-refractivity contribution is -0.274. The van der Waals surface area contributed by atoms with Crippen molar-refractivity contribution in [3.8, 4) is 11.5 Å². The maximum absolute atomic E-state index is 12.4. The molecule has 8 nitrogen and oxygen atoms in total. The molecule has 0 saturated carbocycles. The largest absolute Gasteiger partial charge is 0.573 e. The van der Waals surface area contributed by atoms with E-state index in [1.54, 1.807) is 31.8 Å². The van der Waals surface area contributed by atoms with E-state index in [0.717, 1.165) is 33.9 Å². The molecule has 0 N–H and O–H groups in total. The number of alkyl halides is 3. The van der Waals surface area contributed by atoms with Crippen LogP contribution < -0.4 is 19.3 Å². The van der Waals surface area contributed by atoms with Crippen LogP contribution in [0.1, 0.15) is 5.56 Å². The van der Waals surface area contributed by atoms with Crippen molar-refractivity contribution in [1.29, 1.82) is 0 Å². The summed E-state index contributed by atoms with van der Waals surface area (Å²) >= 11 is 0. The van der Waals surface area contributed by atoms with Crippen molar-refractivity contribution >= 4 is 22.5 Å². The van der Waals surface area contributed by atoms with E-state index in [4.69, 9.17) is 4.74 Å². The smallest absolute Gasteiger partial charge is 0.497 e. The van der Waals surface area contributed by atoms with Crippen molar-refractivity contribution in [3.63, 3.8) is 0 Å². The number of nitrogens with zero attached hydrogens (tertiary/aromatic N) is 6. The zero-order chi connectivity index (χ0) is 24.4. The van der Waals surface area contributed by atoms with Crippen molar-refractivity contribution in [2.45, 2.75) is 12.9 Å². The van der Waals surface area contributed by atoms with E-state index >= 15 is 0 Å². The van der Waals surface area contributed by atoms with Crippen molar-refractivity contribution in [2.24, 2.45) is 0 Å². The quantitative estimate of drug-likeness (QED) is 0.408. The average Bonchev–Trinajstić information content (AvgIpc) is 3.27. The van der Waals surface area contributed by atoms with E-state index < -0.39 is 6.36 Å². The van der Waals surface area contributed by atoms with Gasteiger partial charge >= 0.3 is 6.36 Å². The minimum Gasteiger partial charge on any atom is -0.497 e. The van der Waals surface area contributed by atoms with Crippen LogP contribution in [-0.2, 0) is 6.54 Å². The third-order valence-corrected chi connectivity index (χ3v) is 5.92. The summed E-state index contributed by atoms with van der Waals surface area (Å²) in [5.74, 6) is 1.40. The number of aromatic nitrogens is 4. The molecule has 4 aromatic rings. The summed E-state index contributed by atoms with van der Waals surface area (Å²) < 4.78 is 48.2. The zero-order valence-electron chi connectivity index (χ0n) is 18.9. The number of methoxy groups -OCH3 is 1. The molecule has 0 amide bonds. The molecule has 1 aliphatic heterocycles. The Morgan fingerprint density at radius 2 is 1.51 bits per heavy atom. The van der Waals surface area contributed by atoms with Crippen LogP contribution in [0.15, 0.2) is 61.1 Å². The fourth-order valence-corrected chi connectivity index (χ4v) is 4.19. The highest BCUT2D eigenvalue weighted by atomic mass is 19.4. The first-order valence-electron chi connectivity index (χ1n) is 11.0. The fourth-order valence-electron chi connectivity index (χ4n) is 4.19. The van der Waals surface area contributed by atoms with Crippen molar-refractivity contribution < 1.29 is 22.6 Å². The van der Waals surface area contributed by atoms with Gasteiger partial charge in [-0.3, -0.25) is 0 Å². The van der Waals surface area contributed by atoms with Gasteiger partial charge in [0.05, 0.1) is 25.2 Å². The van der Waals surface area contributed by atoms with Crippen LogP contribution in [0.3, 0.4) is 0 Å². The number of fused-ring (bicyclic) bond motifs is 1. The molecule has 182 valence electrons. The second kappa shape index (κ2) is 9.32. The molecule has 2 aromatic heterocycles. The molecule has 1 saturated heterocycles. The molecule has 5 rings (SSSR count). The summed E-state index contributed by atoms with van der Waals surface area (Å²) in [6, 6.07) is 13.8. The highest BCUT2D eigenvalue weighted by molar-refractivity contribution is 5.86. The van der Waals surface area contributed by atoms with Crippen LogP contribution in [0.4, 0.5) is 24.7 Å². The molecule has 2 aromatic carbocycles. The Balaban J connectivity index is 1.27. The summed E-state index contributed by atoms with van der Waals surface area (Å²) in [6.07, 6.45) is -1.35. The molecule has 1 aliphatic rings. The minimum atomic E-state index is -4.70. The highest BCUT2D eigenvalue weighted by Gasteiger charge is 2.31. The van der Waals surface area contributed by atoms with E-state index in [-0.39, 0.29) is 5.75 Å². The molecule has 0 spiro atoms. The third-order valence-electron chi connectivity index (χ3n) is 5.92. The van der Waals surface area contributed by atoms with Crippen LogP contribution in [0.25, 0.3) is 11.0 Å². The van der Waals surface area contributed by atoms with E-state index in [1.807, 2.05) is 28.9 Å². The second-order valence-corrected chi connectivity index (χ2v) is 8.10. The lowest BCUT2D eigenvalue weighted by Crippen LogP contribution is -2.46. The van der Waals surface area contributed by atoms with Gasteiger partial charge in [-0.1, -0.05) is 12.1 Å². The number of hydrogen-bond acceptors (Lipinski definition) is 7. The molecule has 11 heteroatoms. The Bertz CT molecular complexity index is 1280. The van der Waals surface area contributed by atoms with Gasteiger partial charge in [0.15, 0.2) is 5.65 Å². The Kier molecular flexibility index (Phi) is 6.06. The highest BCUT2D eigenvalue weighted by Crippen LogP contribution is 2.28. The molecule has 0 unspecified atom stereocenters. The predicted molar refractivity (Wildman–Crippen MR) is 125 cm³/mol. The molecule has 0 aliphatic carbocycles. The summed E-state index contributed by atoms with van der Waals surface area (Å²) in [7, 11) is 1.64. The topological polar surface area (TPSA) is 68.5 Å².